The van der Waals surface area contributed by atoms with Gasteiger partial charge in [-0.2, -0.15) is 0 Å². The maximum atomic E-state index is 12.5. The number of benzene rings is 2. The first-order valence-electron chi connectivity index (χ1n) is 12.1. The molecule has 2 aromatic rings. The van der Waals surface area contributed by atoms with Crippen molar-refractivity contribution >= 4 is 18.2 Å². The highest BCUT2D eigenvalue weighted by Gasteiger charge is 2.26. The summed E-state index contributed by atoms with van der Waals surface area (Å²) in [5, 5.41) is 5.43. The second-order valence-electron chi connectivity index (χ2n) is 8.67. The molecule has 1 atom stereocenters. The molecule has 6 nitrogen and oxygen atoms in total. The molecule has 1 unspecified atom stereocenters. The molecule has 0 spiro atoms. The second kappa shape index (κ2) is 14.6. The van der Waals surface area contributed by atoms with Gasteiger partial charge in [0.15, 0.2) is 0 Å². The third-order valence-electron chi connectivity index (χ3n) is 5.75. The summed E-state index contributed by atoms with van der Waals surface area (Å²) in [6.45, 7) is 6.72. The number of hydrogen-bond acceptors (Lipinski definition) is 3. The molecule has 1 saturated heterocycles. The van der Waals surface area contributed by atoms with E-state index >= 15 is 0 Å². The van der Waals surface area contributed by atoms with Gasteiger partial charge in [-0.25, -0.2) is 0 Å². The van der Waals surface area contributed by atoms with Crippen molar-refractivity contribution in [1.29, 1.82) is 0 Å². The summed E-state index contributed by atoms with van der Waals surface area (Å²) in [5.41, 5.74) is 4.85. The quantitative estimate of drug-likeness (QED) is 0.437. The summed E-state index contributed by atoms with van der Waals surface area (Å²) in [7, 11) is 1.79. The molecule has 1 heterocycles. The highest BCUT2D eigenvalue weighted by Crippen LogP contribution is 2.20. The minimum Gasteiger partial charge on any atom is -0.344 e. The first-order chi connectivity index (χ1) is 16.8. The van der Waals surface area contributed by atoms with E-state index in [9.17, 15) is 14.4 Å². The molecule has 3 amide bonds. The van der Waals surface area contributed by atoms with Gasteiger partial charge in [-0.1, -0.05) is 61.0 Å². The van der Waals surface area contributed by atoms with Crippen molar-refractivity contribution in [2.24, 2.45) is 0 Å². The Hall–Kier alpha value is -3.67. The van der Waals surface area contributed by atoms with Gasteiger partial charge in [0.05, 0.1) is 0 Å². The number of nitrogens with one attached hydrogen (secondary N) is 2. The van der Waals surface area contributed by atoms with Crippen molar-refractivity contribution in [3.63, 3.8) is 0 Å². The average Bonchev–Trinajstić information content (AvgIpc) is 3.01. The lowest BCUT2D eigenvalue weighted by molar-refractivity contribution is -0.131. The van der Waals surface area contributed by atoms with Crippen LogP contribution in [-0.4, -0.2) is 42.8 Å². The normalized spacial score (nSPS) is 16.2. The van der Waals surface area contributed by atoms with Crippen LogP contribution < -0.4 is 10.6 Å². The van der Waals surface area contributed by atoms with E-state index in [4.69, 9.17) is 0 Å². The fourth-order valence-electron chi connectivity index (χ4n) is 3.62. The van der Waals surface area contributed by atoms with Gasteiger partial charge in [-0.3, -0.25) is 14.4 Å². The number of carbonyl (C=O) groups excluding carboxylic acids is 3. The first-order valence-corrected chi connectivity index (χ1v) is 12.1. The van der Waals surface area contributed by atoms with Crippen LogP contribution in [0.1, 0.15) is 55.5 Å². The summed E-state index contributed by atoms with van der Waals surface area (Å²) in [5.74, 6) is -0.189. The number of amides is 3. The molecule has 2 N–H and O–H groups in total. The molecule has 0 aromatic heterocycles. The fourth-order valence-corrected chi connectivity index (χ4v) is 3.62. The van der Waals surface area contributed by atoms with E-state index in [1.165, 1.54) is 5.56 Å². The third-order valence-corrected chi connectivity index (χ3v) is 5.75. The Labute approximate surface area is 209 Å². The Balaban J connectivity index is 0.000000367. The lowest BCUT2D eigenvalue weighted by atomic mass is 10.0. The number of hydrogen-bond donors (Lipinski definition) is 2. The van der Waals surface area contributed by atoms with E-state index in [0.29, 0.717) is 18.4 Å². The molecule has 35 heavy (non-hydrogen) atoms. The van der Waals surface area contributed by atoms with Gasteiger partial charge in [0, 0.05) is 24.9 Å². The summed E-state index contributed by atoms with van der Waals surface area (Å²) in [6.07, 6.45) is 10.1. The van der Waals surface area contributed by atoms with Gasteiger partial charge < -0.3 is 15.5 Å². The largest absolute Gasteiger partial charge is 0.344 e. The van der Waals surface area contributed by atoms with Crippen LogP contribution in [0.5, 0.6) is 0 Å². The lowest BCUT2D eigenvalue weighted by Crippen LogP contribution is -2.46. The highest BCUT2D eigenvalue weighted by molar-refractivity contribution is 5.97. The van der Waals surface area contributed by atoms with Crippen LogP contribution >= 0.6 is 0 Å². The maximum Gasteiger partial charge on any atom is 0.251 e. The van der Waals surface area contributed by atoms with Crippen molar-refractivity contribution in [3.8, 4) is 11.1 Å². The second-order valence-corrected chi connectivity index (χ2v) is 8.67. The molecule has 1 aliphatic rings. The number of carbonyl (C=O) groups is 3. The number of rotatable bonds is 7. The predicted octanol–water partition coefficient (Wildman–Crippen LogP) is 5.01. The Morgan fingerprint density at radius 1 is 1.06 bits per heavy atom. The van der Waals surface area contributed by atoms with Crippen LogP contribution in [0.4, 0.5) is 0 Å². The first kappa shape index (κ1) is 27.6. The summed E-state index contributed by atoms with van der Waals surface area (Å²) >= 11 is 0. The van der Waals surface area contributed by atoms with Crippen LogP contribution in [0.3, 0.4) is 0 Å². The number of nitrogens with zero attached hydrogens (tertiary/aromatic N) is 1. The lowest BCUT2D eigenvalue weighted by Gasteiger charge is -2.20. The van der Waals surface area contributed by atoms with Crippen molar-refractivity contribution in [3.05, 3.63) is 83.6 Å². The zero-order valence-corrected chi connectivity index (χ0v) is 21.2. The van der Waals surface area contributed by atoms with Gasteiger partial charge >= 0.3 is 0 Å². The Bertz CT molecular complexity index is 1020. The van der Waals surface area contributed by atoms with E-state index in [-0.39, 0.29) is 11.8 Å². The molecule has 1 aliphatic heterocycles. The Morgan fingerprint density at radius 2 is 1.69 bits per heavy atom. The van der Waals surface area contributed by atoms with Crippen LogP contribution in [-0.2, 0) is 9.59 Å². The molecule has 0 bridgehead atoms. The Morgan fingerprint density at radius 3 is 2.29 bits per heavy atom. The van der Waals surface area contributed by atoms with Gasteiger partial charge in [0.25, 0.3) is 5.91 Å². The highest BCUT2D eigenvalue weighted by atomic mass is 16.2. The molecule has 0 radical (unpaired) electrons. The standard InChI is InChI=1S/C21H24N2O2.C8H13NO/c1-15-6-8-16(9-7-15)17-10-12-18(13-11-17)20(24)22-19-5-3-4-14-23(2)21(19)25;1-3-4-5-6-8(2)9-7-10/h6-13,19H,3-5,14H2,1-2H3,(H,22,24);4-7H,3H2,1-2H3,(H,9,10)/b;5-4-,8-6+. The van der Waals surface area contributed by atoms with Crippen LogP contribution in [0.25, 0.3) is 11.1 Å². The summed E-state index contributed by atoms with van der Waals surface area (Å²) in [4.78, 5) is 36.4. The average molecular weight is 476 g/mol. The molecular formula is C29H37N3O3. The topological polar surface area (TPSA) is 78.5 Å². The van der Waals surface area contributed by atoms with E-state index in [1.54, 1.807) is 11.9 Å². The SMILES string of the molecule is CC/C=C\C=C(/C)NC=O.Cc1ccc(-c2ccc(C(=O)NC3CCCCN(C)C3=O)cc2)cc1. The summed E-state index contributed by atoms with van der Waals surface area (Å²) < 4.78 is 0. The molecule has 2 aromatic carbocycles. The summed E-state index contributed by atoms with van der Waals surface area (Å²) in [6, 6.07) is 15.4. The van der Waals surface area contributed by atoms with Gasteiger partial charge in [0.2, 0.25) is 12.3 Å². The molecule has 186 valence electrons. The zero-order valence-electron chi connectivity index (χ0n) is 21.2. The van der Waals surface area contributed by atoms with Gasteiger partial charge in [0.1, 0.15) is 6.04 Å². The third kappa shape index (κ3) is 9.24. The molecular weight excluding hydrogens is 438 g/mol. The van der Waals surface area contributed by atoms with E-state index in [1.807, 2.05) is 49.4 Å². The molecule has 3 rings (SSSR count). The van der Waals surface area contributed by atoms with Crippen molar-refractivity contribution in [2.75, 3.05) is 13.6 Å². The molecule has 1 fully saturated rings. The van der Waals surface area contributed by atoms with E-state index in [2.05, 4.69) is 48.7 Å². The number of allylic oxidation sites excluding steroid dienone is 4. The minimum absolute atomic E-state index is 0.00197. The monoisotopic (exact) mass is 475 g/mol. The van der Waals surface area contributed by atoms with Crippen LogP contribution in [0.15, 0.2) is 72.5 Å². The number of likely N-dealkylation sites (tertiary alicyclic amines) is 1. The fraction of sp³-hybridized carbons (Fsp3) is 0.345. The van der Waals surface area contributed by atoms with Crippen molar-refractivity contribution in [1.82, 2.24) is 15.5 Å². The zero-order chi connectivity index (χ0) is 25.6. The molecule has 6 heteroatoms. The number of aryl methyl sites for hydroxylation is 1. The number of likely N-dealkylation sites (N-methyl/N-ethyl adjacent to an activating group) is 1. The van der Waals surface area contributed by atoms with Gasteiger partial charge in [-0.05, 0) is 68.9 Å². The minimum atomic E-state index is -0.420. The van der Waals surface area contributed by atoms with Crippen LogP contribution in [0.2, 0.25) is 0 Å². The van der Waals surface area contributed by atoms with E-state index in [0.717, 1.165) is 42.6 Å². The maximum absolute atomic E-state index is 12.5. The van der Waals surface area contributed by atoms with Crippen LogP contribution in [0, 0.1) is 6.92 Å². The van der Waals surface area contributed by atoms with Crippen molar-refractivity contribution < 1.29 is 14.4 Å². The smallest absolute Gasteiger partial charge is 0.251 e. The van der Waals surface area contributed by atoms with E-state index < -0.39 is 6.04 Å². The molecule has 0 saturated carbocycles. The van der Waals surface area contributed by atoms with Gasteiger partial charge in [-0.15, -0.1) is 0 Å². The predicted molar refractivity (Wildman–Crippen MR) is 142 cm³/mol. The Kier molecular flexibility index (Phi) is 11.5. The van der Waals surface area contributed by atoms with Crippen molar-refractivity contribution in [2.45, 2.75) is 52.5 Å². The molecule has 0 aliphatic carbocycles.